The van der Waals surface area contributed by atoms with E-state index in [0.29, 0.717) is 23.4 Å². The summed E-state index contributed by atoms with van der Waals surface area (Å²) in [6.45, 7) is 1.39. The van der Waals surface area contributed by atoms with Gasteiger partial charge in [0.05, 0.1) is 0 Å². The minimum atomic E-state index is 0.0863. The van der Waals surface area contributed by atoms with Gasteiger partial charge in [0.25, 0.3) is 5.91 Å². The highest BCUT2D eigenvalue weighted by Crippen LogP contribution is 2.49. The number of hydrogen-bond acceptors (Lipinski definition) is 2. The molecule has 2 aromatic rings. The molecule has 3 nitrogen and oxygen atoms in total. The van der Waals surface area contributed by atoms with Crippen LogP contribution in [0.2, 0.25) is 5.02 Å². The van der Waals surface area contributed by atoms with Crippen LogP contribution in [0.3, 0.4) is 0 Å². The Hall–Kier alpha value is -1.84. The average Bonchev–Trinajstić information content (AvgIpc) is 3.25. The van der Waals surface area contributed by atoms with Crippen molar-refractivity contribution in [3.63, 3.8) is 0 Å². The summed E-state index contributed by atoms with van der Waals surface area (Å²) >= 11 is 6.11. The van der Waals surface area contributed by atoms with Gasteiger partial charge in [0.15, 0.2) is 0 Å². The zero-order valence-electron chi connectivity index (χ0n) is 12.8. The molecular weight excluding hydrogens is 308 g/mol. The number of rotatable bonds is 3. The number of halogens is 1. The Morgan fingerprint density at radius 1 is 1.22 bits per heavy atom. The number of fused-ring (bicyclic) bond motifs is 1. The molecule has 0 radical (unpaired) electrons. The highest BCUT2D eigenvalue weighted by atomic mass is 35.5. The third-order valence-corrected chi connectivity index (χ3v) is 5.33. The van der Waals surface area contributed by atoms with Crippen LogP contribution < -0.4 is 5.73 Å². The van der Waals surface area contributed by atoms with E-state index < -0.39 is 0 Å². The van der Waals surface area contributed by atoms with Crippen LogP contribution in [-0.4, -0.2) is 29.9 Å². The molecule has 2 fully saturated rings. The molecule has 2 N–H and O–H groups in total. The highest BCUT2D eigenvalue weighted by molar-refractivity contribution is 6.30. The second-order valence-electron chi connectivity index (χ2n) is 6.48. The molecule has 1 amide bonds. The smallest absolute Gasteiger partial charge is 0.254 e. The molecule has 1 saturated carbocycles. The topological polar surface area (TPSA) is 46.3 Å². The number of carbonyl (C=O) groups is 1. The fourth-order valence-electron chi connectivity index (χ4n) is 3.84. The van der Waals surface area contributed by atoms with Crippen LogP contribution in [-0.2, 0) is 0 Å². The van der Waals surface area contributed by atoms with Gasteiger partial charge >= 0.3 is 0 Å². The monoisotopic (exact) mass is 326 g/mol. The van der Waals surface area contributed by atoms with Gasteiger partial charge in [0, 0.05) is 29.7 Å². The van der Waals surface area contributed by atoms with Crippen LogP contribution in [0.1, 0.15) is 16.8 Å². The molecule has 0 aromatic heterocycles. The summed E-state index contributed by atoms with van der Waals surface area (Å²) in [4.78, 5) is 15.1. The molecule has 4 heteroatoms. The number of likely N-dealkylation sites (tertiary alicyclic amines) is 1. The first kappa shape index (κ1) is 14.7. The average molecular weight is 327 g/mol. The SMILES string of the molecule is NC[C@@H]1[C@H]2C[C@H]2CN1C(=O)c1ccccc1-c1cccc(Cl)c1. The summed E-state index contributed by atoms with van der Waals surface area (Å²) in [6.07, 6.45) is 1.22. The summed E-state index contributed by atoms with van der Waals surface area (Å²) in [6, 6.07) is 15.6. The van der Waals surface area contributed by atoms with Gasteiger partial charge in [-0.2, -0.15) is 0 Å². The molecule has 2 aromatic carbocycles. The fourth-order valence-corrected chi connectivity index (χ4v) is 4.03. The largest absolute Gasteiger partial charge is 0.334 e. The molecule has 23 heavy (non-hydrogen) atoms. The highest BCUT2D eigenvalue weighted by Gasteiger charge is 2.53. The summed E-state index contributed by atoms with van der Waals surface area (Å²) in [5.41, 5.74) is 8.54. The second kappa shape index (κ2) is 5.66. The molecule has 1 aliphatic carbocycles. The van der Waals surface area contributed by atoms with E-state index in [-0.39, 0.29) is 11.9 Å². The Morgan fingerprint density at radius 2 is 2.04 bits per heavy atom. The van der Waals surface area contributed by atoms with Gasteiger partial charge in [0.2, 0.25) is 0 Å². The lowest BCUT2D eigenvalue weighted by molar-refractivity contribution is 0.0713. The Labute approximate surface area is 141 Å². The Morgan fingerprint density at radius 3 is 2.83 bits per heavy atom. The van der Waals surface area contributed by atoms with Crippen LogP contribution >= 0.6 is 11.6 Å². The predicted molar refractivity (Wildman–Crippen MR) is 92.4 cm³/mol. The Kier molecular flexibility index (Phi) is 3.63. The molecular formula is C19H19ClN2O. The lowest BCUT2D eigenvalue weighted by atomic mass is 9.98. The lowest BCUT2D eigenvalue weighted by Gasteiger charge is -2.27. The standard InChI is InChI=1S/C19H19ClN2O/c20-14-5-3-4-12(8-14)15-6-1-2-7-16(15)19(23)22-11-13-9-17(13)18(22)10-21/h1-8,13,17-18H,9-11,21H2/t13-,17-,18+/m0/s1. The van der Waals surface area contributed by atoms with Crippen molar-refractivity contribution in [3.05, 3.63) is 59.1 Å². The molecule has 1 aliphatic heterocycles. The molecule has 118 valence electrons. The Bertz CT molecular complexity index is 761. The number of hydrogen-bond donors (Lipinski definition) is 1. The van der Waals surface area contributed by atoms with Crippen LogP contribution in [0.4, 0.5) is 0 Å². The number of carbonyl (C=O) groups excluding carboxylic acids is 1. The van der Waals surface area contributed by atoms with Crippen molar-refractivity contribution in [1.82, 2.24) is 4.90 Å². The van der Waals surface area contributed by atoms with Gasteiger partial charge in [-0.05, 0) is 47.6 Å². The first-order valence-electron chi connectivity index (χ1n) is 8.05. The first-order chi connectivity index (χ1) is 11.2. The molecule has 2 aliphatic rings. The number of nitrogens with zero attached hydrogens (tertiary/aromatic N) is 1. The summed E-state index contributed by atoms with van der Waals surface area (Å²) in [5.74, 6) is 1.36. The minimum absolute atomic E-state index is 0.0863. The third-order valence-electron chi connectivity index (χ3n) is 5.10. The summed E-state index contributed by atoms with van der Waals surface area (Å²) < 4.78 is 0. The van der Waals surface area contributed by atoms with Crippen molar-refractivity contribution in [3.8, 4) is 11.1 Å². The lowest BCUT2D eigenvalue weighted by Crippen LogP contribution is -2.42. The van der Waals surface area contributed by atoms with Gasteiger partial charge in [-0.25, -0.2) is 0 Å². The van der Waals surface area contributed by atoms with Gasteiger partial charge in [-0.1, -0.05) is 41.9 Å². The van der Waals surface area contributed by atoms with Crippen LogP contribution in [0.15, 0.2) is 48.5 Å². The third kappa shape index (κ3) is 2.54. The van der Waals surface area contributed by atoms with E-state index in [1.165, 1.54) is 6.42 Å². The zero-order chi connectivity index (χ0) is 16.0. The number of piperidine rings is 1. The van der Waals surface area contributed by atoms with Crippen LogP contribution in [0.25, 0.3) is 11.1 Å². The number of nitrogens with two attached hydrogens (primary N) is 1. The minimum Gasteiger partial charge on any atom is -0.334 e. The van der Waals surface area contributed by atoms with E-state index in [2.05, 4.69) is 0 Å². The van der Waals surface area contributed by atoms with Gasteiger partial charge in [0.1, 0.15) is 0 Å². The first-order valence-corrected chi connectivity index (χ1v) is 8.43. The molecule has 3 atom stereocenters. The second-order valence-corrected chi connectivity index (χ2v) is 6.91. The molecule has 0 bridgehead atoms. The number of benzene rings is 2. The summed E-state index contributed by atoms with van der Waals surface area (Å²) in [7, 11) is 0. The van der Waals surface area contributed by atoms with E-state index in [1.807, 2.05) is 53.4 Å². The van der Waals surface area contributed by atoms with Crippen molar-refractivity contribution in [1.29, 1.82) is 0 Å². The van der Waals surface area contributed by atoms with E-state index in [9.17, 15) is 4.79 Å². The molecule has 0 unspecified atom stereocenters. The van der Waals surface area contributed by atoms with E-state index in [0.717, 1.165) is 23.2 Å². The summed E-state index contributed by atoms with van der Waals surface area (Å²) in [5, 5.41) is 0.673. The maximum atomic E-state index is 13.1. The maximum absolute atomic E-state index is 13.1. The fraction of sp³-hybridized carbons (Fsp3) is 0.316. The van der Waals surface area contributed by atoms with Gasteiger partial charge < -0.3 is 10.6 Å². The van der Waals surface area contributed by atoms with E-state index in [1.54, 1.807) is 0 Å². The van der Waals surface area contributed by atoms with Crippen LogP contribution in [0, 0.1) is 11.8 Å². The van der Waals surface area contributed by atoms with Crippen molar-refractivity contribution >= 4 is 17.5 Å². The zero-order valence-corrected chi connectivity index (χ0v) is 13.5. The van der Waals surface area contributed by atoms with Crippen LogP contribution in [0.5, 0.6) is 0 Å². The van der Waals surface area contributed by atoms with Crippen molar-refractivity contribution in [2.24, 2.45) is 17.6 Å². The molecule has 4 rings (SSSR count). The van der Waals surface area contributed by atoms with Crippen molar-refractivity contribution in [2.45, 2.75) is 12.5 Å². The molecule has 1 heterocycles. The predicted octanol–water partition coefficient (Wildman–Crippen LogP) is 3.43. The van der Waals surface area contributed by atoms with Gasteiger partial charge in [-0.15, -0.1) is 0 Å². The van der Waals surface area contributed by atoms with Gasteiger partial charge in [-0.3, -0.25) is 4.79 Å². The Balaban J connectivity index is 1.71. The van der Waals surface area contributed by atoms with Crippen molar-refractivity contribution < 1.29 is 4.79 Å². The van der Waals surface area contributed by atoms with E-state index >= 15 is 0 Å². The quantitative estimate of drug-likeness (QED) is 0.939. The molecule has 1 saturated heterocycles. The molecule has 0 spiro atoms. The number of amides is 1. The van der Waals surface area contributed by atoms with Crippen molar-refractivity contribution in [2.75, 3.05) is 13.1 Å². The maximum Gasteiger partial charge on any atom is 0.254 e. The van der Waals surface area contributed by atoms with E-state index in [4.69, 9.17) is 17.3 Å². The normalized spacial score (nSPS) is 25.3.